The number of carbonyl (C=O) groups is 1. The van der Waals surface area contributed by atoms with E-state index in [2.05, 4.69) is 4.90 Å². The molecule has 0 radical (unpaired) electrons. The molecule has 116 valence electrons. The molecule has 0 atom stereocenters. The van der Waals surface area contributed by atoms with Gasteiger partial charge < -0.3 is 14.6 Å². The van der Waals surface area contributed by atoms with Crippen molar-refractivity contribution < 1.29 is 9.90 Å². The third-order valence-corrected chi connectivity index (χ3v) is 4.47. The van der Waals surface area contributed by atoms with Crippen molar-refractivity contribution in [2.45, 2.75) is 26.3 Å². The van der Waals surface area contributed by atoms with Crippen molar-refractivity contribution in [1.82, 2.24) is 4.57 Å². The molecule has 1 fully saturated rings. The van der Waals surface area contributed by atoms with Crippen LogP contribution < -0.4 is 10.3 Å². The fraction of sp³-hybridized carbons (Fsp3) is 0.375. The fourth-order valence-corrected chi connectivity index (χ4v) is 3.30. The highest BCUT2D eigenvalue weighted by Gasteiger charge is 2.19. The molecule has 0 aliphatic carbocycles. The molecule has 3 rings (SSSR count). The lowest BCUT2D eigenvalue weighted by Gasteiger charge is -2.21. The molecular weight excluding hydrogens is 304 g/mol. The number of anilines is 1. The zero-order chi connectivity index (χ0) is 15.9. The second-order valence-electron chi connectivity index (χ2n) is 5.48. The molecule has 0 unspecified atom stereocenters. The van der Waals surface area contributed by atoms with Crippen LogP contribution in [0.5, 0.6) is 0 Å². The van der Waals surface area contributed by atoms with E-state index in [0.717, 1.165) is 37.1 Å². The summed E-state index contributed by atoms with van der Waals surface area (Å²) in [4.78, 5) is 25.8. The first-order valence-corrected chi connectivity index (χ1v) is 7.75. The van der Waals surface area contributed by atoms with Gasteiger partial charge in [-0.2, -0.15) is 0 Å². The van der Waals surface area contributed by atoms with E-state index >= 15 is 0 Å². The molecule has 22 heavy (non-hydrogen) atoms. The molecule has 2 heterocycles. The third-order valence-electron chi connectivity index (χ3n) is 4.17. The number of nitrogens with zero attached hydrogens (tertiary/aromatic N) is 2. The van der Waals surface area contributed by atoms with Crippen LogP contribution in [-0.2, 0) is 6.54 Å². The predicted molar refractivity (Wildman–Crippen MR) is 87.3 cm³/mol. The highest BCUT2D eigenvalue weighted by Crippen LogP contribution is 2.32. The van der Waals surface area contributed by atoms with E-state index in [4.69, 9.17) is 11.6 Å². The summed E-state index contributed by atoms with van der Waals surface area (Å²) in [6, 6.07) is 3.50. The Hall–Kier alpha value is -2.01. The lowest BCUT2D eigenvalue weighted by molar-refractivity contribution is 0.0695. The van der Waals surface area contributed by atoms with Gasteiger partial charge in [-0.15, -0.1) is 0 Å². The molecule has 0 spiro atoms. The number of carboxylic acid groups (broad SMARTS) is 1. The van der Waals surface area contributed by atoms with Gasteiger partial charge in [0.15, 0.2) is 0 Å². The minimum atomic E-state index is -1.21. The van der Waals surface area contributed by atoms with Crippen LogP contribution in [0.2, 0.25) is 5.02 Å². The fourth-order valence-electron chi connectivity index (χ4n) is 3.01. The number of carboxylic acids is 1. The van der Waals surface area contributed by atoms with E-state index in [1.54, 1.807) is 10.6 Å². The first kappa shape index (κ1) is 14.9. The summed E-state index contributed by atoms with van der Waals surface area (Å²) in [6.45, 7) is 4.40. The number of hydrogen-bond donors (Lipinski definition) is 1. The lowest BCUT2D eigenvalue weighted by atomic mass is 10.1. The van der Waals surface area contributed by atoms with Gasteiger partial charge in [0, 0.05) is 31.2 Å². The summed E-state index contributed by atoms with van der Waals surface area (Å²) in [7, 11) is 0. The summed E-state index contributed by atoms with van der Waals surface area (Å²) >= 11 is 6.35. The number of aromatic nitrogens is 1. The number of pyridine rings is 1. The van der Waals surface area contributed by atoms with Crippen LogP contribution in [0.15, 0.2) is 23.1 Å². The smallest absolute Gasteiger partial charge is 0.341 e. The quantitative estimate of drug-likeness (QED) is 0.944. The summed E-state index contributed by atoms with van der Waals surface area (Å²) in [5.41, 5.74) is 0.932. The van der Waals surface area contributed by atoms with Gasteiger partial charge in [0.2, 0.25) is 5.43 Å². The Morgan fingerprint density at radius 2 is 2.00 bits per heavy atom. The molecule has 0 amide bonds. The van der Waals surface area contributed by atoms with Gasteiger partial charge >= 0.3 is 5.97 Å². The Bertz CT molecular complexity index is 807. The van der Waals surface area contributed by atoms with E-state index in [1.807, 2.05) is 13.0 Å². The Labute approximate surface area is 132 Å². The van der Waals surface area contributed by atoms with Gasteiger partial charge in [0.05, 0.1) is 16.2 Å². The second kappa shape index (κ2) is 5.65. The van der Waals surface area contributed by atoms with E-state index in [0.29, 0.717) is 17.0 Å². The Balaban J connectivity index is 2.30. The van der Waals surface area contributed by atoms with Crippen molar-refractivity contribution >= 4 is 34.2 Å². The monoisotopic (exact) mass is 320 g/mol. The van der Waals surface area contributed by atoms with Crippen molar-refractivity contribution in [3.8, 4) is 0 Å². The van der Waals surface area contributed by atoms with E-state index in [-0.39, 0.29) is 5.56 Å². The Morgan fingerprint density at radius 3 is 2.59 bits per heavy atom. The maximum absolute atomic E-state index is 12.4. The SMILES string of the molecule is CCn1cc(C(=O)O)c(=O)c2cc(Cl)c(N3CCCC3)cc21. The van der Waals surface area contributed by atoms with Gasteiger partial charge in [-0.1, -0.05) is 11.6 Å². The molecule has 0 saturated carbocycles. The van der Waals surface area contributed by atoms with Crippen LogP contribution in [0.3, 0.4) is 0 Å². The number of benzene rings is 1. The largest absolute Gasteiger partial charge is 0.477 e. The van der Waals surface area contributed by atoms with Gasteiger partial charge in [0.1, 0.15) is 5.56 Å². The standard InChI is InChI=1S/C16H17ClN2O3/c1-2-18-9-11(16(21)22)15(20)10-7-12(17)14(8-13(10)18)19-5-3-4-6-19/h7-9H,2-6H2,1H3,(H,21,22). The van der Waals surface area contributed by atoms with Crippen LogP contribution >= 0.6 is 11.6 Å². The first-order chi connectivity index (χ1) is 10.5. The molecule has 1 N–H and O–H groups in total. The molecule has 0 bridgehead atoms. The highest BCUT2D eigenvalue weighted by atomic mass is 35.5. The van der Waals surface area contributed by atoms with Crippen molar-refractivity contribution in [3.05, 3.63) is 39.1 Å². The van der Waals surface area contributed by atoms with Crippen molar-refractivity contribution in [1.29, 1.82) is 0 Å². The number of aryl methyl sites for hydroxylation is 1. The van der Waals surface area contributed by atoms with Crippen LogP contribution in [-0.4, -0.2) is 28.7 Å². The minimum absolute atomic E-state index is 0.223. The maximum atomic E-state index is 12.4. The van der Waals surface area contributed by atoms with Gasteiger partial charge in [0.25, 0.3) is 0 Å². The zero-order valence-corrected chi connectivity index (χ0v) is 13.1. The molecular formula is C16H17ClN2O3. The maximum Gasteiger partial charge on any atom is 0.341 e. The van der Waals surface area contributed by atoms with Crippen molar-refractivity contribution in [2.75, 3.05) is 18.0 Å². The first-order valence-electron chi connectivity index (χ1n) is 7.38. The van der Waals surface area contributed by atoms with Gasteiger partial charge in [-0.05, 0) is 31.9 Å². The number of rotatable bonds is 3. The van der Waals surface area contributed by atoms with E-state index in [9.17, 15) is 14.7 Å². The van der Waals surface area contributed by atoms with E-state index in [1.165, 1.54) is 6.20 Å². The van der Waals surface area contributed by atoms with Crippen LogP contribution in [0, 0.1) is 0 Å². The number of halogens is 1. The van der Waals surface area contributed by atoms with Crippen LogP contribution in [0.1, 0.15) is 30.1 Å². The number of hydrogen-bond acceptors (Lipinski definition) is 3. The highest BCUT2D eigenvalue weighted by molar-refractivity contribution is 6.34. The van der Waals surface area contributed by atoms with Crippen LogP contribution in [0.25, 0.3) is 10.9 Å². The summed E-state index contributed by atoms with van der Waals surface area (Å²) < 4.78 is 1.79. The van der Waals surface area contributed by atoms with Gasteiger partial charge in [-0.25, -0.2) is 4.79 Å². The molecule has 1 aromatic carbocycles. The van der Waals surface area contributed by atoms with Crippen LogP contribution in [0.4, 0.5) is 5.69 Å². The van der Waals surface area contributed by atoms with Gasteiger partial charge in [-0.3, -0.25) is 4.79 Å². The second-order valence-corrected chi connectivity index (χ2v) is 5.89. The topological polar surface area (TPSA) is 62.5 Å². The summed E-state index contributed by atoms with van der Waals surface area (Å²) in [5.74, 6) is -1.21. The molecule has 1 aromatic heterocycles. The molecule has 1 saturated heterocycles. The number of aromatic carboxylic acids is 1. The normalized spacial score (nSPS) is 14.7. The number of fused-ring (bicyclic) bond motifs is 1. The molecule has 6 heteroatoms. The van der Waals surface area contributed by atoms with Crippen molar-refractivity contribution in [2.24, 2.45) is 0 Å². The summed E-state index contributed by atoms with van der Waals surface area (Å²) in [6.07, 6.45) is 3.68. The predicted octanol–water partition coefficient (Wildman–Crippen LogP) is 2.97. The zero-order valence-electron chi connectivity index (χ0n) is 12.3. The third kappa shape index (κ3) is 2.35. The lowest BCUT2D eigenvalue weighted by Crippen LogP contribution is -2.21. The Kier molecular flexibility index (Phi) is 3.83. The molecule has 1 aliphatic heterocycles. The molecule has 5 nitrogen and oxygen atoms in total. The summed E-state index contributed by atoms with van der Waals surface area (Å²) in [5, 5.41) is 10.0. The van der Waals surface area contributed by atoms with Crippen molar-refractivity contribution in [3.63, 3.8) is 0 Å². The minimum Gasteiger partial charge on any atom is -0.477 e. The van der Waals surface area contributed by atoms with E-state index < -0.39 is 11.4 Å². The Morgan fingerprint density at radius 1 is 1.32 bits per heavy atom. The molecule has 1 aliphatic rings. The molecule has 2 aromatic rings. The average Bonchev–Trinajstić information content (AvgIpc) is 3.01. The average molecular weight is 321 g/mol.